The van der Waals surface area contributed by atoms with E-state index < -0.39 is 8.96 Å². The molecule has 1 amide bonds. The molecule has 1 atom stereocenters. The van der Waals surface area contributed by atoms with E-state index in [1.165, 1.54) is 7.11 Å². The van der Waals surface area contributed by atoms with Crippen LogP contribution in [0.3, 0.4) is 0 Å². The Morgan fingerprint density at radius 1 is 1.43 bits per heavy atom. The van der Waals surface area contributed by atoms with Crippen LogP contribution in [0.25, 0.3) is 0 Å². The number of amides is 1. The molecule has 2 rings (SSSR count). The highest BCUT2D eigenvalue weighted by Gasteiger charge is 2.22. The third-order valence-corrected chi connectivity index (χ3v) is 5.23. The Morgan fingerprint density at radius 3 is 2.95 bits per heavy atom. The van der Waals surface area contributed by atoms with E-state index in [4.69, 9.17) is 10.1 Å². The molecule has 0 spiro atoms. The van der Waals surface area contributed by atoms with Crippen LogP contribution >= 0.6 is 0 Å². The maximum Gasteiger partial charge on any atom is 0.285 e. The van der Waals surface area contributed by atoms with Crippen molar-refractivity contribution >= 4 is 20.5 Å². The van der Waals surface area contributed by atoms with E-state index in [0.717, 1.165) is 11.3 Å². The minimum absolute atomic E-state index is 0.00200. The number of fused-ring (bicyclic) bond motifs is 1. The fraction of sp³-hybridized carbons (Fsp3) is 0.429. The Morgan fingerprint density at radius 2 is 2.19 bits per heavy atom. The lowest BCUT2D eigenvalue weighted by Gasteiger charge is -2.20. The largest absolute Gasteiger partial charge is 0.491 e. The van der Waals surface area contributed by atoms with Crippen LogP contribution in [0, 0.1) is 0 Å². The van der Waals surface area contributed by atoms with Crippen LogP contribution in [0.2, 0.25) is 6.04 Å². The van der Waals surface area contributed by atoms with E-state index in [2.05, 4.69) is 4.74 Å². The number of benzene rings is 1. The number of methoxy groups -OCH3 is 1. The lowest BCUT2D eigenvalue weighted by molar-refractivity contribution is -0.131. The molecule has 0 unspecified atom stereocenters. The number of rotatable bonds is 4. The molecule has 0 aliphatic carbocycles. The lowest BCUT2D eigenvalue weighted by Crippen LogP contribution is -2.38. The van der Waals surface area contributed by atoms with Crippen molar-refractivity contribution in [3.63, 3.8) is 0 Å². The molecule has 7 heteroatoms. The number of hydrogen-bond donors (Lipinski definition) is 1. The smallest absolute Gasteiger partial charge is 0.285 e. The fourth-order valence-electron chi connectivity index (χ4n) is 2.24. The molecule has 1 aromatic rings. The van der Waals surface area contributed by atoms with Gasteiger partial charge in [0.2, 0.25) is 14.9 Å². The van der Waals surface area contributed by atoms with Gasteiger partial charge in [0.1, 0.15) is 12.4 Å². The summed E-state index contributed by atoms with van der Waals surface area (Å²) < 4.78 is 10.2. The lowest BCUT2D eigenvalue weighted by atomic mass is 10.2. The number of para-hydroxylation sites is 1. The van der Waals surface area contributed by atoms with Crippen molar-refractivity contribution in [3.8, 4) is 5.75 Å². The highest BCUT2D eigenvalue weighted by atomic mass is 28.3. The van der Waals surface area contributed by atoms with Gasteiger partial charge in [-0.25, -0.2) is 0 Å². The average Bonchev–Trinajstić information content (AvgIpc) is 2.73. The molecule has 1 heterocycles. The van der Waals surface area contributed by atoms with Gasteiger partial charge in [0.15, 0.2) is 0 Å². The molecule has 2 N–H and O–H groups in total. The quantitative estimate of drug-likeness (QED) is 0.833. The summed E-state index contributed by atoms with van der Waals surface area (Å²) in [5.74, 6) is 0.829. The Hall–Kier alpha value is -1.86. The summed E-state index contributed by atoms with van der Waals surface area (Å²) in [7, 11) is -0.806. The van der Waals surface area contributed by atoms with Crippen LogP contribution in [0.1, 0.15) is 12.0 Å². The van der Waals surface area contributed by atoms with Gasteiger partial charge in [-0.15, -0.1) is 0 Å². The normalized spacial score (nSPS) is 15.4. The van der Waals surface area contributed by atoms with Crippen LogP contribution in [-0.4, -0.2) is 45.6 Å². The third-order valence-electron chi connectivity index (χ3n) is 3.48. The molecule has 0 bridgehead atoms. The van der Waals surface area contributed by atoms with Gasteiger partial charge in [-0.05, 0) is 12.1 Å². The Labute approximate surface area is 125 Å². The number of hydrogen-bond acceptors (Lipinski definition) is 5. The Kier molecular flexibility index (Phi) is 5.35. The molecule has 0 radical (unpaired) electrons. The Bertz CT molecular complexity index is 523. The number of carbonyl (C=O) groups excluding carboxylic acids is 2. The standard InChI is InChI=1S/C14H20N2O4Si/c1-19-14(18)21(15)9-6-13(17)16-7-8-20-12-5-3-2-4-11(12)10-16/h2-5,21H,6-10,15H2,1H3/t21-/m0/s1. The Balaban J connectivity index is 1.93. The van der Waals surface area contributed by atoms with Gasteiger partial charge in [0.05, 0.1) is 13.7 Å². The molecule has 0 aromatic heterocycles. The predicted molar refractivity (Wildman–Crippen MR) is 80.5 cm³/mol. The van der Waals surface area contributed by atoms with Gasteiger partial charge >= 0.3 is 0 Å². The summed E-state index contributed by atoms with van der Waals surface area (Å²) in [5.41, 5.74) is 0.644. The minimum atomic E-state index is -2.13. The minimum Gasteiger partial charge on any atom is -0.491 e. The summed E-state index contributed by atoms with van der Waals surface area (Å²) in [4.78, 5) is 25.3. The summed E-state index contributed by atoms with van der Waals surface area (Å²) in [6.07, 6.45) is 0.282. The second-order valence-corrected chi connectivity index (χ2v) is 7.20. The number of carbonyl (C=O) groups is 2. The molecule has 6 nitrogen and oxygen atoms in total. The van der Waals surface area contributed by atoms with Gasteiger partial charge < -0.3 is 19.8 Å². The zero-order valence-corrected chi connectivity index (χ0v) is 13.2. The predicted octanol–water partition coefficient (Wildman–Crippen LogP) is 0.828. The molecule has 1 aromatic carbocycles. The van der Waals surface area contributed by atoms with Crippen molar-refractivity contribution in [2.75, 3.05) is 20.3 Å². The monoisotopic (exact) mass is 308 g/mol. The van der Waals surface area contributed by atoms with Gasteiger partial charge in [-0.2, -0.15) is 0 Å². The fourth-order valence-corrected chi connectivity index (χ4v) is 3.34. The number of ether oxygens (including phenoxy) is 2. The molecule has 1 aliphatic heterocycles. The topological polar surface area (TPSA) is 81.9 Å². The maximum atomic E-state index is 12.3. The van der Waals surface area contributed by atoms with E-state index >= 15 is 0 Å². The van der Waals surface area contributed by atoms with Gasteiger partial charge in [-0.1, -0.05) is 18.2 Å². The van der Waals surface area contributed by atoms with Crippen LogP contribution in [0.15, 0.2) is 24.3 Å². The van der Waals surface area contributed by atoms with Gasteiger partial charge in [-0.3, -0.25) is 9.59 Å². The first-order chi connectivity index (χ1) is 10.1. The zero-order valence-electron chi connectivity index (χ0n) is 12.1. The summed E-state index contributed by atoms with van der Waals surface area (Å²) in [6.45, 7) is 1.55. The molecule has 1 aliphatic rings. The summed E-state index contributed by atoms with van der Waals surface area (Å²) in [5, 5.41) is 5.78. The first-order valence-corrected chi connectivity index (χ1v) is 8.99. The second-order valence-electron chi connectivity index (χ2n) is 4.94. The average molecular weight is 308 g/mol. The summed E-state index contributed by atoms with van der Waals surface area (Å²) >= 11 is 0. The van der Waals surface area contributed by atoms with Crippen LogP contribution in [-0.2, 0) is 16.1 Å². The molecule has 114 valence electrons. The van der Waals surface area contributed by atoms with E-state index in [1.807, 2.05) is 24.3 Å². The number of nitrogens with two attached hydrogens (primary N) is 1. The maximum absolute atomic E-state index is 12.3. The summed E-state index contributed by atoms with van der Waals surface area (Å²) in [6, 6.07) is 8.12. The number of nitrogens with zero attached hydrogens (tertiary/aromatic N) is 1. The van der Waals surface area contributed by atoms with Crippen LogP contribution in [0.4, 0.5) is 4.79 Å². The van der Waals surface area contributed by atoms with Gasteiger partial charge in [0, 0.05) is 18.5 Å². The molecule has 0 fully saturated rings. The molecular weight excluding hydrogens is 288 g/mol. The second kappa shape index (κ2) is 7.23. The van der Waals surface area contributed by atoms with Crippen molar-refractivity contribution in [1.29, 1.82) is 0 Å². The molecule has 0 saturated carbocycles. The van der Waals surface area contributed by atoms with E-state index in [0.29, 0.717) is 25.7 Å². The van der Waals surface area contributed by atoms with Crippen molar-refractivity contribution in [1.82, 2.24) is 4.90 Å². The highest BCUT2D eigenvalue weighted by molar-refractivity contribution is 6.86. The van der Waals surface area contributed by atoms with E-state index in [-0.39, 0.29) is 17.9 Å². The molecular formula is C14H20N2O4Si. The first kappa shape index (κ1) is 15.5. The van der Waals surface area contributed by atoms with Gasteiger partial charge in [0.25, 0.3) is 5.59 Å². The highest BCUT2D eigenvalue weighted by Crippen LogP contribution is 2.22. The molecule has 0 saturated heterocycles. The SMILES string of the molecule is COC(=O)[Si@@H](N)CCC(=O)N1CCOc2ccccc2C1. The first-order valence-electron chi connectivity index (χ1n) is 6.93. The third kappa shape index (κ3) is 4.05. The zero-order chi connectivity index (χ0) is 15.2. The van der Waals surface area contributed by atoms with Crippen molar-refractivity contribution in [2.24, 2.45) is 5.40 Å². The van der Waals surface area contributed by atoms with Crippen LogP contribution in [0.5, 0.6) is 5.75 Å². The van der Waals surface area contributed by atoms with Crippen LogP contribution < -0.4 is 10.1 Å². The van der Waals surface area contributed by atoms with Crippen molar-refractivity contribution < 1.29 is 19.1 Å². The van der Waals surface area contributed by atoms with Crippen molar-refractivity contribution in [3.05, 3.63) is 29.8 Å². The molecule has 21 heavy (non-hydrogen) atoms. The van der Waals surface area contributed by atoms with E-state index in [9.17, 15) is 9.59 Å². The van der Waals surface area contributed by atoms with Crippen molar-refractivity contribution in [2.45, 2.75) is 19.0 Å². The van der Waals surface area contributed by atoms with E-state index in [1.54, 1.807) is 4.90 Å².